The molecule has 3 atom stereocenters. The number of rotatable bonds is 55. The Kier molecular flexibility index (Phi) is 54.8. The number of carbonyl (C=O) groups is 3. The second-order valence-corrected chi connectivity index (χ2v) is 21.2. The van der Waals surface area contributed by atoms with E-state index in [9.17, 15) is 28.9 Å². The maximum absolute atomic E-state index is 12.9. The molecule has 11 nitrogen and oxygen atoms in total. The molecular weight excluding hydrogens is 976 g/mol. The predicted octanol–water partition coefficient (Wildman–Crippen LogP) is 18.0. The molecule has 0 heterocycles. The van der Waals surface area contributed by atoms with Gasteiger partial charge in [0.05, 0.1) is 19.8 Å². The maximum Gasteiger partial charge on any atom is 0.472 e. The predicted molar refractivity (Wildman–Crippen MR) is 316 cm³/mol. The van der Waals surface area contributed by atoms with E-state index in [0.29, 0.717) is 19.3 Å². The van der Waals surface area contributed by atoms with Gasteiger partial charge < -0.3 is 24.2 Å². The number of unbranched alkanes of at least 4 members (excludes halogenated alkanes) is 22. The highest BCUT2D eigenvalue weighted by atomic mass is 31.2. The minimum atomic E-state index is -4.77. The van der Waals surface area contributed by atoms with Crippen LogP contribution in [0.25, 0.3) is 0 Å². The largest absolute Gasteiger partial charge is 0.472 e. The van der Waals surface area contributed by atoms with Crippen molar-refractivity contribution in [2.24, 2.45) is 0 Å². The summed E-state index contributed by atoms with van der Waals surface area (Å²) in [6.07, 6.45) is 68.1. The molecule has 436 valence electrons. The Labute approximate surface area is 463 Å². The number of phosphoric ester groups is 1. The molecule has 0 aromatic heterocycles. The maximum atomic E-state index is 12.9. The first-order valence-electron chi connectivity index (χ1n) is 30.1. The van der Waals surface area contributed by atoms with Crippen molar-refractivity contribution in [1.29, 1.82) is 0 Å². The van der Waals surface area contributed by atoms with Gasteiger partial charge in [0, 0.05) is 19.3 Å². The van der Waals surface area contributed by atoms with Gasteiger partial charge in [-0.1, -0.05) is 221 Å². The summed E-state index contributed by atoms with van der Waals surface area (Å²) in [5.41, 5.74) is 0. The number of allylic oxidation sites excluding steroid dienone is 16. The van der Waals surface area contributed by atoms with Gasteiger partial charge in [0.1, 0.15) is 12.7 Å². The van der Waals surface area contributed by atoms with Crippen LogP contribution < -0.4 is 0 Å². The molecule has 0 saturated carbocycles. The molecular formula is C64H109O11P. The number of esters is 3. The normalized spacial score (nSPS) is 14.0. The van der Waals surface area contributed by atoms with E-state index in [1.165, 1.54) is 96.3 Å². The van der Waals surface area contributed by atoms with Crippen LogP contribution in [-0.4, -0.2) is 66.5 Å². The van der Waals surface area contributed by atoms with Crippen LogP contribution in [0, 0.1) is 0 Å². The minimum absolute atomic E-state index is 0.0521. The van der Waals surface area contributed by atoms with E-state index in [1.807, 2.05) is 12.2 Å². The van der Waals surface area contributed by atoms with E-state index < -0.39 is 57.8 Å². The van der Waals surface area contributed by atoms with Crippen LogP contribution >= 0.6 is 7.82 Å². The molecule has 0 rings (SSSR count). The highest BCUT2D eigenvalue weighted by Gasteiger charge is 2.28. The molecule has 76 heavy (non-hydrogen) atoms. The molecule has 0 aromatic carbocycles. The third-order valence-corrected chi connectivity index (χ3v) is 13.4. The Bertz CT molecular complexity index is 1640. The second kappa shape index (κ2) is 57.6. The van der Waals surface area contributed by atoms with E-state index in [-0.39, 0.29) is 25.9 Å². The van der Waals surface area contributed by atoms with E-state index in [0.717, 1.165) is 96.3 Å². The third kappa shape index (κ3) is 55.2. The number of hydrogen-bond donors (Lipinski definition) is 2. The SMILES string of the molecule is CC/C=C\C/C=C\C/C=C\C/C=C\CCC(=O)OC(CO)COP(=O)(O)OCC(COC(=O)CCCCCCCCCCC/C=C\C/C=C\CCCCC)OC(=O)CCCCCCCCC/C=C\C/C=C\CCCCC. The minimum Gasteiger partial charge on any atom is -0.462 e. The van der Waals surface area contributed by atoms with Gasteiger partial charge in [-0.25, -0.2) is 4.57 Å². The molecule has 3 unspecified atom stereocenters. The topological polar surface area (TPSA) is 155 Å². The Morgan fingerprint density at radius 1 is 0.382 bits per heavy atom. The van der Waals surface area contributed by atoms with Crippen LogP contribution in [0.2, 0.25) is 0 Å². The van der Waals surface area contributed by atoms with Crippen molar-refractivity contribution < 1.29 is 52.2 Å². The van der Waals surface area contributed by atoms with Crippen LogP contribution in [0.4, 0.5) is 0 Å². The van der Waals surface area contributed by atoms with Crippen LogP contribution in [0.15, 0.2) is 97.2 Å². The molecule has 0 bridgehead atoms. The van der Waals surface area contributed by atoms with Crippen molar-refractivity contribution in [3.05, 3.63) is 97.2 Å². The summed E-state index contributed by atoms with van der Waals surface area (Å²) in [6.45, 7) is 4.39. The fourth-order valence-electron chi connectivity index (χ4n) is 7.90. The standard InChI is InChI=1S/C64H109O11P/c1-4-7-10-13-16-19-22-25-27-29-30-32-33-36-38-41-44-47-50-53-62(66)71-57-61(75-64(68)55-52-49-46-43-40-37-34-31-28-26-23-20-17-14-11-8-5-2)59-73-76(69,70)72-58-60(56-65)74-63(67)54-51-48-45-42-39-35-24-21-18-15-12-9-6-3/h9,12,16-21,25-28,35,39,45,48,60-61,65H,4-8,10-11,13-15,22-24,29-34,36-38,40-44,46-47,49-59H2,1-3H3,(H,69,70)/b12-9-,19-16-,20-17-,21-18-,27-25-,28-26-,39-35-,48-45-. The van der Waals surface area contributed by atoms with Crippen LogP contribution in [0.3, 0.4) is 0 Å². The first kappa shape index (κ1) is 72.4. The van der Waals surface area contributed by atoms with Gasteiger partial charge in [-0.2, -0.15) is 0 Å². The molecule has 12 heteroatoms. The van der Waals surface area contributed by atoms with Crippen LogP contribution in [-0.2, 0) is 42.2 Å². The Hall–Kier alpha value is -3.60. The molecule has 0 saturated heterocycles. The van der Waals surface area contributed by atoms with E-state index >= 15 is 0 Å². The van der Waals surface area contributed by atoms with Gasteiger partial charge in [-0.05, 0) is 109 Å². The lowest BCUT2D eigenvalue weighted by Crippen LogP contribution is -2.30. The number of aliphatic hydroxyl groups excluding tert-OH is 1. The summed E-state index contributed by atoms with van der Waals surface area (Å²) < 4.78 is 39.5. The van der Waals surface area contributed by atoms with Crippen molar-refractivity contribution in [2.75, 3.05) is 26.4 Å². The number of carbonyl (C=O) groups excluding carboxylic acids is 3. The number of aliphatic hydroxyl groups is 1. The number of phosphoric acid groups is 1. The zero-order valence-corrected chi connectivity index (χ0v) is 49.1. The van der Waals surface area contributed by atoms with E-state index in [1.54, 1.807) is 0 Å². The summed E-state index contributed by atoms with van der Waals surface area (Å²) in [5.74, 6) is -1.57. The fourth-order valence-corrected chi connectivity index (χ4v) is 8.68. The summed E-state index contributed by atoms with van der Waals surface area (Å²) in [6, 6.07) is 0. The third-order valence-electron chi connectivity index (χ3n) is 12.5. The molecule has 0 amide bonds. The first-order valence-corrected chi connectivity index (χ1v) is 31.6. The highest BCUT2D eigenvalue weighted by molar-refractivity contribution is 7.47. The Morgan fingerprint density at radius 2 is 0.711 bits per heavy atom. The fraction of sp³-hybridized carbons (Fsp3) is 0.703. The summed E-state index contributed by atoms with van der Waals surface area (Å²) in [7, 11) is -4.77. The van der Waals surface area contributed by atoms with Crippen LogP contribution in [0.5, 0.6) is 0 Å². The quantitative estimate of drug-likeness (QED) is 0.0197. The molecule has 0 radical (unpaired) electrons. The van der Waals surface area contributed by atoms with E-state index in [2.05, 4.69) is 106 Å². The van der Waals surface area contributed by atoms with Crippen molar-refractivity contribution in [1.82, 2.24) is 0 Å². The molecule has 0 aliphatic carbocycles. The molecule has 0 aromatic rings. The van der Waals surface area contributed by atoms with Crippen molar-refractivity contribution >= 4 is 25.7 Å². The summed E-state index contributed by atoms with van der Waals surface area (Å²) in [4.78, 5) is 48.6. The van der Waals surface area contributed by atoms with Gasteiger partial charge in [-0.15, -0.1) is 0 Å². The lowest BCUT2D eigenvalue weighted by molar-refractivity contribution is -0.161. The number of hydrogen-bond acceptors (Lipinski definition) is 10. The molecule has 0 spiro atoms. The van der Waals surface area contributed by atoms with Crippen molar-refractivity contribution in [3.8, 4) is 0 Å². The van der Waals surface area contributed by atoms with Crippen molar-refractivity contribution in [2.45, 2.75) is 264 Å². The Balaban J connectivity index is 4.79. The van der Waals surface area contributed by atoms with Gasteiger partial charge >= 0.3 is 25.7 Å². The average Bonchev–Trinajstić information content (AvgIpc) is 3.41. The van der Waals surface area contributed by atoms with Gasteiger partial charge in [0.15, 0.2) is 6.10 Å². The molecule has 0 aliphatic rings. The summed E-state index contributed by atoms with van der Waals surface area (Å²) in [5, 5.41) is 9.80. The highest BCUT2D eigenvalue weighted by Crippen LogP contribution is 2.43. The van der Waals surface area contributed by atoms with Crippen molar-refractivity contribution in [3.63, 3.8) is 0 Å². The molecule has 2 N–H and O–H groups in total. The lowest BCUT2D eigenvalue weighted by Gasteiger charge is -2.21. The van der Waals surface area contributed by atoms with Gasteiger partial charge in [0.25, 0.3) is 0 Å². The smallest absolute Gasteiger partial charge is 0.462 e. The average molecular weight is 1090 g/mol. The van der Waals surface area contributed by atoms with E-state index in [4.69, 9.17) is 23.3 Å². The molecule has 0 fully saturated rings. The first-order chi connectivity index (χ1) is 37.2. The molecule has 0 aliphatic heterocycles. The summed E-state index contributed by atoms with van der Waals surface area (Å²) >= 11 is 0. The zero-order valence-electron chi connectivity index (χ0n) is 48.2. The number of ether oxygens (including phenoxy) is 3. The monoisotopic (exact) mass is 1080 g/mol. The lowest BCUT2D eigenvalue weighted by atomic mass is 10.1. The zero-order chi connectivity index (χ0) is 55.5. The Morgan fingerprint density at radius 3 is 1.13 bits per heavy atom. The van der Waals surface area contributed by atoms with Gasteiger partial charge in [-0.3, -0.25) is 23.4 Å². The second-order valence-electron chi connectivity index (χ2n) is 19.8. The van der Waals surface area contributed by atoms with Crippen LogP contribution in [0.1, 0.15) is 252 Å². The van der Waals surface area contributed by atoms with Gasteiger partial charge in [0.2, 0.25) is 0 Å².